The number of hydrogen-bond acceptors (Lipinski definition) is 4. The monoisotopic (exact) mass is 380 g/mol. The molecule has 0 unspecified atom stereocenters. The fourth-order valence-corrected chi connectivity index (χ4v) is 3.31. The summed E-state index contributed by atoms with van der Waals surface area (Å²) in [5.41, 5.74) is 2.61. The molecule has 0 saturated carbocycles. The molecule has 0 atom stereocenters. The van der Waals surface area contributed by atoms with Crippen molar-refractivity contribution in [3.05, 3.63) is 65.2 Å². The van der Waals surface area contributed by atoms with Crippen molar-refractivity contribution in [3.63, 3.8) is 0 Å². The largest absolute Gasteiger partial charge is 0.427 e. The van der Waals surface area contributed by atoms with Gasteiger partial charge in [-0.15, -0.1) is 0 Å². The minimum Gasteiger partial charge on any atom is -0.427 e. The summed E-state index contributed by atoms with van der Waals surface area (Å²) in [7, 11) is 0. The van der Waals surface area contributed by atoms with Crippen molar-refractivity contribution < 1.29 is 19.1 Å². The van der Waals surface area contributed by atoms with Crippen molar-refractivity contribution in [1.29, 1.82) is 0 Å². The van der Waals surface area contributed by atoms with Crippen LogP contribution >= 0.6 is 0 Å². The van der Waals surface area contributed by atoms with Crippen LogP contribution in [0.2, 0.25) is 0 Å². The summed E-state index contributed by atoms with van der Waals surface area (Å²) in [5, 5.41) is 0. The maximum atomic E-state index is 12.7. The molecule has 6 heteroatoms. The van der Waals surface area contributed by atoms with Crippen LogP contribution in [0.25, 0.3) is 0 Å². The highest BCUT2D eigenvalue weighted by Crippen LogP contribution is 2.17. The summed E-state index contributed by atoms with van der Waals surface area (Å²) >= 11 is 0. The third-order valence-corrected chi connectivity index (χ3v) is 4.70. The lowest BCUT2D eigenvalue weighted by atomic mass is 10.1. The number of ether oxygens (including phenoxy) is 1. The Hall–Kier alpha value is -3.15. The standard InChI is InChI=1S/C22H24N2O4/c1-16-5-3-6-18(13-16)14-21(26)23-9-11-24(12-10-23)22(27)19-7-4-8-20(15-19)28-17(2)25/h3-8,13,15H,9-12,14H2,1-2H3. The van der Waals surface area contributed by atoms with Gasteiger partial charge in [0.2, 0.25) is 5.91 Å². The van der Waals surface area contributed by atoms with Gasteiger partial charge in [0, 0.05) is 38.7 Å². The van der Waals surface area contributed by atoms with E-state index < -0.39 is 5.97 Å². The normalized spacial score (nSPS) is 13.9. The number of aryl methyl sites for hydroxylation is 1. The van der Waals surface area contributed by atoms with E-state index in [0.717, 1.165) is 11.1 Å². The van der Waals surface area contributed by atoms with E-state index >= 15 is 0 Å². The van der Waals surface area contributed by atoms with Gasteiger partial charge in [-0.05, 0) is 30.7 Å². The number of benzene rings is 2. The molecule has 0 aliphatic carbocycles. The van der Waals surface area contributed by atoms with E-state index in [-0.39, 0.29) is 11.8 Å². The van der Waals surface area contributed by atoms with E-state index in [9.17, 15) is 14.4 Å². The van der Waals surface area contributed by atoms with Gasteiger partial charge in [0.25, 0.3) is 5.91 Å². The van der Waals surface area contributed by atoms with Crippen LogP contribution < -0.4 is 4.74 Å². The Morgan fingerprint density at radius 2 is 1.61 bits per heavy atom. The van der Waals surface area contributed by atoms with Crippen molar-refractivity contribution in [3.8, 4) is 5.75 Å². The molecule has 28 heavy (non-hydrogen) atoms. The quantitative estimate of drug-likeness (QED) is 0.604. The molecule has 0 bridgehead atoms. The summed E-state index contributed by atoms with van der Waals surface area (Å²) in [4.78, 5) is 39.9. The first kappa shape index (κ1) is 19.6. The van der Waals surface area contributed by atoms with Crippen molar-refractivity contribution in [2.75, 3.05) is 26.2 Å². The number of piperazine rings is 1. The highest BCUT2D eigenvalue weighted by atomic mass is 16.5. The zero-order chi connectivity index (χ0) is 20.1. The summed E-state index contributed by atoms with van der Waals surface area (Å²) in [5.74, 6) is -0.120. The third-order valence-electron chi connectivity index (χ3n) is 4.70. The Bertz CT molecular complexity index is 886. The van der Waals surface area contributed by atoms with Crippen LogP contribution in [0.5, 0.6) is 5.75 Å². The molecule has 1 aliphatic rings. The Morgan fingerprint density at radius 1 is 0.929 bits per heavy atom. The van der Waals surface area contributed by atoms with E-state index in [0.29, 0.717) is 43.9 Å². The number of carbonyl (C=O) groups excluding carboxylic acids is 3. The van der Waals surface area contributed by atoms with Crippen molar-refractivity contribution in [2.45, 2.75) is 20.3 Å². The lowest BCUT2D eigenvalue weighted by molar-refractivity contribution is -0.132. The minimum atomic E-state index is -0.426. The molecule has 6 nitrogen and oxygen atoms in total. The molecule has 1 heterocycles. The fraction of sp³-hybridized carbons (Fsp3) is 0.318. The molecule has 2 aromatic carbocycles. The second-order valence-electron chi connectivity index (χ2n) is 6.96. The Labute approximate surface area is 164 Å². The number of nitrogens with zero attached hydrogens (tertiary/aromatic N) is 2. The highest BCUT2D eigenvalue weighted by molar-refractivity contribution is 5.95. The number of amides is 2. The molecule has 2 aromatic rings. The van der Waals surface area contributed by atoms with Gasteiger partial charge in [0.05, 0.1) is 6.42 Å². The van der Waals surface area contributed by atoms with Crippen LogP contribution in [-0.2, 0) is 16.0 Å². The molecule has 3 rings (SSSR count). The van der Waals surface area contributed by atoms with Crippen LogP contribution in [-0.4, -0.2) is 53.8 Å². The predicted molar refractivity (Wildman–Crippen MR) is 105 cm³/mol. The molecule has 1 aliphatic heterocycles. The van der Waals surface area contributed by atoms with Crippen molar-refractivity contribution >= 4 is 17.8 Å². The van der Waals surface area contributed by atoms with Gasteiger partial charge >= 0.3 is 5.97 Å². The molecular formula is C22H24N2O4. The van der Waals surface area contributed by atoms with Crippen LogP contribution in [0.1, 0.15) is 28.4 Å². The summed E-state index contributed by atoms with van der Waals surface area (Å²) in [6.45, 7) is 5.32. The first-order chi connectivity index (χ1) is 13.4. The van der Waals surface area contributed by atoms with E-state index in [1.165, 1.54) is 6.92 Å². The lowest BCUT2D eigenvalue weighted by Crippen LogP contribution is -2.51. The number of hydrogen-bond donors (Lipinski definition) is 0. The van der Waals surface area contributed by atoms with E-state index in [4.69, 9.17) is 4.74 Å². The average molecular weight is 380 g/mol. The summed E-state index contributed by atoms with van der Waals surface area (Å²) in [6.07, 6.45) is 0.375. The SMILES string of the molecule is CC(=O)Oc1cccc(C(=O)N2CCN(C(=O)Cc3cccc(C)c3)CC2)c1. The van der Waals surface area contributed by atoms with Gasteiger partial charge in [0.1, 0.15) is 5.75 Å². The van der Waals surface area contributed by atoms with Crippen LogP contribution in [0, 0.1) is 6.92 Å². The van der Waals surface area contributed by atoms with Crippen molar-refractivity contribution in [2.24, 2.45) is 0 Å². The number of carbonyl (C=O) groups is 3. The van der Waals surface area contributed by atoms with Crippen LogP contribution in [0.15, 0.2) is 48.5 Å². The maximum absolute atomic E-state index is 12.7. The van der Waals surface area contributed by atoms with E-state index in [2.05, 4.69) is 0 Å². The molecule has 0 N–H and O–H groups in total. The molecule has 1 fully saturated rings. The van der Waals surface area contributed by atoms with Gasteiger partial charge in [-0.3, -0.25) is 14.4 Å². The van der Waals surface area contributed by atoms with Gasteiger partial charge in [0.15, 0.2) is 0 Å². The zero-order valence-corrected chi connectivity index (χ0v) is 16.2. The molecule has 1 saturated heterocycles. The fourth-order valence-electron chi connectivity index (χ4n) is 3.31. The van der Waals surface area contributed by atoms with E-state index in [1.54, 1.807) is 34.1 Å². The first-order valence-corrected chi connectivity index (χ1v) is 9.33. The van der Waals surface area contributed by atoms with Gasteiger partial charge < -0.3 is 14.5 Å². The maximum Gasteiger partial charge on any atom is 0.308 e. The number of rotatable bonds is 4. The summed E-state index contributed by atoms with van der Waals surface area (Å²) < 4.78 is 5.04. The highest BCUT2D eigenvalue weighted by Gasteiger charge is 2.25. The van der Waals surface area contributed by atoms with Gasteiger partial charge in [-0.25, -0.2) is 0 Å². The van der Waals surface area contributed by atoms with E-state index in [1.807, 2.05) is 31.2 Å². The van der Waals surface area contributed by atoms with Crippen molar-refractivity contribution in [1.82, 2.24) is 9.80 Å². The summed E-state index contributed by atoms with van der Waals surface area (Å²) in [6, 6.07) is 14.5. The minimum absolute atomic E-state index is 0.0783. The second-order valence-corrected chi connectivity index (χ2v) is 6.96. The topological polar surface area (TPSA) is 66.9 Å². The van der Waals surface area contributed by atoms with Crippen LogP contribution in [0.4, 0.5) is 0 Å². The Balaban J connectivity index is 1.56. The molecular weight excluding hydrogens is 356 g/mol. The molecule has 146 valence electrons. The molecule has 0 spiro atoms. The molecule has 2 amide bonds. The van der Waals surface area contributed by atoms with Gasteiger partial charge in [-0.1, -0.05) is 35.9 Å². The predicted octanol–water partition coefficient (Wildman–Crippen LogP) is 2.45. The first-order valence-electron chi connectivity index (χ1n) is 9.33. The van der Waals surface area contributed by atoms with Gasteiger partial charge in [-0.2, -0.15) is 0 Å². The number of esters is 1. The van der Waals surface area contributed by atoms with Crippen LogP contribution in [0.3, 0.4) is 0 Å². The molecule has 0 aromatic heterocycles. The second kappa shape index (κ2) is 8.69. The third kappa shape index (κ3) is 4.97. The average Bonchev–Trinajstić information content (AvgIpc) is 2.67. The Kier molecular flexibility index (Phi) is 6.09. The Morgan fingerprint density at radius 3 is 2.29 bits per heavy atom. The lowest BCUT2D eigenvalue weighted by Gasteiger charge is -2.35. The zero-order valence-electron chi connectivity index (χ0n) is 16.2. The molecule has 0 radical (unpaired) electrons. The smallest absolute Gasteiger partial charge is 0.308 e.